The van der Waals surface area contributed by atoms with Crippen LogP contribution in [-0.2, 0) is 17.8 Å². The molecule has 1 heterocycles. The van der Waals surface area contributed by atoms with Crippen molar-refractivity contribution in [1.29, 1.82) is 0 Å². The lowest BCUT2D eigenvalue weighted by molar-refractivity contribution is -0.123. The summed E-state index contributed by atoms with van der Waals surface area (Å²) in [7, 11) is 0. The van der Waals surface area contributed by atoms with Crippen molar-refractivity contribution >= 4 is 5.91 Å². The van der Waals surface area contributed by atoms with Crippen molar-refractivity contribution in [2.75, 3.05) is 19.6 Å². The predicted octanol–water partition coefficient (Wildman–Crippen LogP) is 2.28. The summed E-state index contributed by atoms with van der Waals surface area (Å²) in [6.07, 6.45) is 0.428. The first-order valence-electron chi connectivity index (χ1n) is 8.51. The molecular formula is C20H24N2O2. The number of nitrogens with zero attached hydrogens (tertiary/aromatic N) is 1. The summed E-state index contributed by atoms with van der Waals surface area (Å²) in [5, 5.41) is 13.0. The zero-order valence-corrected chi connectivity index (χ0v) is 13.8. The van der Waals surface area contributed by atoms with Gasteiger partial charge in [0.15, 0.2) is 0 Å². The van der Waals surface area contributed by atoms with Crippen molar-refractivity contribution in [3.63, 3.8) is 0 Å². The van der Waals surface area contributed by atoms with Crippen molar-refractivity contribution in [2.45, 2.75) is 25.5 Å². The van der Waals surface area contributed by atoms with Crippen LogP contribution >= 0.6 is 0 Å². The van der Waals surface area contributed by atoms with E-state index in [0.29, 0.717) is 6.54 Å². The van der Waals surface area contributed by atoms with Gasteiger partial charge < -0.3 is 10.4 Å². The van der Waals surface area contributed by atoms with Crippen LogP contribution < -0.4 is 5.32 Å². The number of aliphatic hydroxyl groups is 1. The molecule has 0 saturated carbocycles. The van der Waals surface area contributed by atoms with Crippen LogP contribution in [0.3, 0.4) is 0 Å². The molecule has 1 amide bonds. The highest BCUT2D eigenvalue weighted by atomic mass is 16.3. The zero-order valence-electron chi connectivity index (χ0n) is 13.8. The van der Waals surface area contributed by atoms with Gasteiger partial charge in [-0.25, -0.2) is 0 Å². The number of hydrogen-bond acceptors (Lipinski definition) is 3. The first kappa shape index (κ1) is 16.7. The summed E-state index contributed by atoms with van der Waals surface area (Å²) in [5.74, 6) is -0.108. The molecule has 126 valence electrons. The molecule has 0 aliphatic carbocycles. The minimum absolute atomic E-state index is 0.104. The molecule has 2 aromatic rings. The number of aliphatic hydroxyl groups excluding tert-OH is 1. The number of nitrogens with one attached hydrogen (secondary N) is 1. The maximum atomic E-state index is 12.0. The van der Waals surface area contributed by atoms with Crippen LogP contribution in [0.25, 0.3) is 0 Å². The second-order valence-electron chi connectivity index (χ2n) is 6.28. The van der Waals surface area contributed by atoms with Crippen molar-refractivity contribution in [3.05, 3.63) is 71.3 Å². The summed E-state index contributed by atoms with van der Waals surface area (Å²) >= 11 is 0. The van der Waals surface area contributed by atoms with Crippen molar-refractivity contribution < 1.29 is 9.90 Å². The predicted molar refractivity (Wildman–Crippen MR) is 94.5 cm³/mol. The number of fused-ring (bicyclic) bond motifs is 1. The van der Waals surface area contributed by atoms with Crippen molar-refractivity contribution in [1.82, 2.24) is 10.2 Å². The Morgan fingerprint density at radius 2 is 1.79 bits per heavy atom. The molecule has 0 saturated heterocycles. The number of rotatable bonds is 6. The zero-order chi connectivity index (χ0) is 16.8. The Morgan fingerprint density at radius 1 is 1.08 bits per heavy atom. The second-order valence-corrected chi connectivity index (χ2v) is 6.28. The Hall–Kier alpha value is -2.17. The van der Waals surface area contributed by atoms with E-state index in [4.69, 9.17) is 0 Å². The molecule has 2 aromatic carbocycles. The third-order valence-electron chi connectivity index (χ3n) is 4.52. The minimum Gasteiger partial charge on any atom is -0.388 e. The highest BCUT2D eigenvalue weighted by Gasteiger charge is 2.16. The lowest BCUT2D eigenvalue weighted by Gasteiger charge is -2.28. The van der Waals surface area contributed by atoms with Crippen LogP contribution in [0.1, 0.15) is 29.2 Å². The minimum atomic E-state index is -0.743. The van der Waals surface area contributed by atoms with Gasteiger partial charge in [-0.15, -0.1) is 0 Å². The van der Waals surface area contributed by atoms with E-state index in [-0.39, 0.29) is 12.3 Å². The molecule has 0 spiro atoms. The van der Waals surface area contributed by atoms with Gasteiger partial charge in [0.1, 0.15) is 0 Å². The van der Waals surface area contributed by atoms with Gasteiger partial charge in [-0.1, -0.05) is 54.6 Å². The molecule has 1 atom stereocenters. The lowest BCUT2D eigenvalue weighted by Crippen LogP contribution is -2.38. The van der Waals surface area contributed by atoms with Gasteiger partial charge in [0, 0.05) is 26.2 Å². The Morgan fingerprint density at radius 3 is 2.58 bits per heavy atom. The molecule has 2 N–H and O–H groups in total. The molecule has 4 heteroatoms. The van der Waals surface area contributed by atoms with Crippen LogP contribution in [0.4, 0.5) is 0 Å². The van der Waals surface area contributed by atoms with Gasteiger partial charge in [0.05, 0.1) is 12.5 Å². The monoisotopic (exact) mass is 324 g/mol. The van der Waals surface area contributed by atoms with E-state index in [1.807, 2.05) is 30.3 Å². The SMILES string of the molecule is O=C(CC(O)c1ccccc1)NCCN1CCc2ccccc2C1. The average Bonchev–Trinajstić information content (AvgIpc) is 2.62. The fraction of sp³-hybridized carbons (Fsp3) is 0.350. The maximum absolute atomic E-state index is 12.0. The van der Waals surface area contributed by atoms with E-state index in [0.717, 1.165) is 31.6 Å². The quantitative estimate of drug-likeness (QED) is 0.857. The number of benzene rings is 2. The molecule has 1 aliphatic heterocycles. The third-order valence-corrected chi connectivity index (χ3v) is 4.52. The Bertz CT molecular complexity index is 672. The molecule has 1 aliphatic rings. The van der Waals surface area contributed by atoms with Crippen LogP contribution in [0, 0.1) is 0 Å². The van der Waals surface area contributed by atoms with Crippen molar-refractivity contribution in [2.24, 2.45) is 0 Å². The molecule has 0 fully saturated rings. The number of amides is 1. The number of hydrogen-bond donors (Lipinski definition) is 2. The second kappa shape index (κ2) is 8.08. The van der Waals surface area contributed by atoms with E-state index in [2.05, 4.69) is 34.5 Å². The average molecular weight is 324 g/mol. The van der Waals surface area contributed by atoms with E-state index >= 15 is 0 Å². The van der Waals surface area contributed by atoms with Gasteiger partial charge in [-0.2, -0.15) is 0 Å². The van der Waals surface area contributed by atoms with E-state index in [1.165, 1.54) is 11.1 Å². The van der Waals surface area contributed by atoms with E-state index in [9.17, 15) is 9.90 Å². The molecule has 0 bridgehead atoms. The highest BCUT2D eigenvalue weighted by molar-refractivity contribution is 5.76. The van der Waals surface area contributed by atoms with Crippen LogP contribution in [0.15, 0.2) is 54.6 Å². The summed E-state index contributed by atoms with van der Waals surface area (Å²) in [5.41, 5.74) is 3.60. The molecular weight excluding hydrogens is 300 g/mol. The van der Waals surface area contributed by atoms with Crippen LogP contribution in [0.5, 0.6) is 0 Å². The first-order valence-corrected chi connectivity index (χ1v) is 8.51. The van der Waals surface area contributed by atoms with Gasteiger partial charge in [-0.3, -0.25) is 9.69 Å². The van der Waals surface area contributed by atoms with Gasteiger partial charge in [-0.05, 0) is 23.1 Å². The summed E-state index contributed by atoms with van der Waals surface area (Å²) in [6.45, 7) is 3.42. The molecule has 24 heavy (non-hydrogen) atoms. The number of carbonyl (C=O) groups excluding carboxylic acids is 1. The Labute approximate surface area is 143 Å². The Balaban J connectivity index is 1.40. The fourth-order valence-corrected chi connectivity index (χ4v) is 3.14. The van der Waals surface area contributed by atoms with Gasteiger partial charge in [0.2, 0.25) is 5.91 Å². The van der Waals surface area contributed by atoms with Crippen molar-refractivity contribution in [3.8, 4) is 0 Å². The third kappa shape index (κ3) is 4.43. The standard InChI is InChI=1S/C20H24N2O2/c23-19(17-7-2-1-3-8-17)14-20(24)21-11-13-22-12-10-16-6-4-5-9-18(16)15-22/h1-9,19,23H,10-15H2,(H,21,24). The largest absolute Gasteiger partial charge is 0.388 e. The lowest BCUT2D eigenvalue weighted by atomic mass is 10.00. The fourth-order valence-electron chi connectivity index (χ4n) is 3.14. The topological polar surface area (TPSA) is 52.6 Å². The van der Waals surface area contributed by atoms with Crippen LogP contribution in [-0.4, -0.2) is 35.5 Å². The smallest absolute Gasteiger partial charge is 0.223 e. The maximum Gasteiger partial charge on any atom is 0.223 e. The van der Waals surface area contributed by atoms with E-state index in [1.54, 1.807) is 0 Å². The summed E-state index contributed by atoms with van der Waals surface area (Å²) in [4.78, 5) is 14.3. The first-order chi connectivity index (χ1) is 11.7. The highest BCUT2D eigenvalue weighted by Crippen LogP contribution is 2.18. The molecule has 0 aromatic heterocycles. The summed E-state index contributed by atoms with van der Waals surface area (Å²) in [6, 6.07) is 17.8. The number of carbonyl (C=O) groups is 1. The van der Waals surface area contributed by atoms with Crippen LogP contribution in [0.2, 0.25) is 0 Å². The Kier molecular flexibility index (Phi) is 5.62. The van der Waals surface area contributed by atoms with E-state index < -0.39 is 6.10 Å². The summed E-state index contributed by atoms with van der Waals surface area (Å²) < 4.78 is 0. The molecule has 4 nitrogen and oxygen atoms in total. The molecule has 3 rings (SSSR count). The van der Waals surface area contributed by atoms with Gasteiger partial charge >= 0.3 is 0 Å². The molecule has 1 unspecified atom stereocenters. The van der Waals surface area contributed by atoms with Gasteiger partial charge in [0.25, 0.3) is 0 Å². The molecule has 0 radical (unpaired) electrons. The normalized spacial score (nSPS) is 15.5.